The minimum atomic E-state index is -4.32. The van der Waals surface area contributed by atoms with E-state index in [1.54, 1.807) is 0 Å². The highest BCUT2D eigenvalue weighted by Crippen LogP contribution is 2.23. The normalized spacial score (nSPS) is 23.9. The maximum absolute atomic E-state index is 12.0. The Bertz CT molecular complexity index is 359. The minimum Gasteiger partial charge on any atom is -0.447 e. The van der Waals surface area contributed by atoms with E-state index in [2.05, 4.69) is 0 Å². The van der Waals surface area contributed by atoms with Crippen LogP contribution in [0.5, 0.6) is 0 Å². The Morgan fingerprint density at radius 3 is 2.78 bits per heavy atom. The Morgan fingerprint density at radius 1 is 1.39 bits per heavy atom. The molecule has 2 fully saturated rings. The van der Waals surface area contributed by atoms with Crippen molar-refractivity contribution in [3.63, 3.8) is 0 Å². The number of alkyl halides is 3. The smallest absolute Gasteiger partial charge is 0.410 e. The molecular weight excluding hydrogens is 253 g/mol. The van der Waals surface area contributed by atoms with Crippen LogP contribution in [0.25, 0.3) is 0 Å². The summed E-state index contributed by atoms with van der Waals surface area (Å²) >= 11 is 0. The van der Waals surface area contributed by atoms with Gasteiger partial charge in [0.1, 0.15) is 6.61 Å². The van der Waals surface area contributed by atoms with Gasteiger partial charge in [-0.2, -0.15) is 13.2 Å². The van der Waals surface area contributed by atoms with Gasteiger partial charge in [-0.1, -0.05) is 0 Å². The summed E-state index contributed by atoms with van der Waals surface area (Å²) in [5.41, 5.74) is 0. The molecule has 0 aromatic carbocycles. The van der Waals surface area contributed by atoms with Gasteiger partial charge < -0.3 is 9.64 Å². The van der Waals surface area contributed by atoms with Crippen LogP contribution in [0.3, 0.4) is 0 Å². The molecule has 0 radical (unpaired) electrons. The lowest BCUT2D eigenvalue weighted by atomic mass is 10.1. The molecule has 2 aliphatic rings. The third kappa shape index (κ3) is 2.85. The number of nitrogens with zero attached hydrogens (tertiary/aromatic N) is 2. The second kappa shape index (κ2) is 4.66. The maximum atomic E-state index is 12.0. The SMILES string of the molecule is O=C(CCC(F)(F)F)N1CCN2C(=O)OCC2C1. The van der Waals surface area contributed by atoms with E-state index in [1.165, 1.54) is 9.80 Å². The molecule has 102 valence electrons. The molecule has 2 saturated heterocycles. The summed E-state index contributed by atoms with van der Waals surface area (Å²) in [7, 11) is 0. The van der Waals surface area contributed by atoms with Crippen molar-refractivity contribution in [1.82, 2.24) is 9.80 Å². The fraction of sp³-hybridized carbons (Fsp3) is 0.800. The van der Waals surface area contributed by atoms with E-state index < -0.39 is 31.0 Å². The molecule has 0 aliphatic carbocycles. The molecule has 0 N–H and O–H groups in total. The van der Waals surface area contributed by atoms with E-state index in [0.29, 0.717) is 6.54 Å². The van der Waals surface area contributed by atoms with Gasteiger partial charge in [-0.15, -0.1) is 0 Å². The van der Waals surface area contributed by atoms with Gasteiger partial charge in [0.2, 0.25) is 5.91 Å². The lowest BCUT2D eigenvalue weighted by molar-refractivity contribution is -0.150. The molecule has 1 atom stereocenters. The number of halogens is 3. The highest BCUT2D eigenvalue weighted by atomic mass is 19.4. The van der Waals surface area contributed by atoms with Crippen molar-refractivity contribution in [2.75, 3.05) is 26.2 Å². The Kier molecular flexibility index (Phi) is 3.36. The lowest BCUT2D eigenvalue weighted by Gasteiger charge is -2.35. The number of hydrogen-bond donors (Lipinski definition) is 0. The first-order valence-corrected chi connectivity index (χ1v) is 5.65. The van der Waals surface area contributed by atoms with E-state index in [1.807, 2.05) is 0 Å². The molecule has 2 aliphatic heterocycles. The van der Waals surface area contributed by atoms with Crippen LogP contribution in [0, 0.1) is 0 Å². The van der Waals surface area contributed by atoms with Gasteiger partial charge in [-0.3, -0.25) is 9.69 Å². The number of amides is 2. The average molecular weight is 266 g/mol. The zero-order valence-electron chi connectivity index (χ0n) is 9.57. The quantitative estimate of drug-likeness (QED) is 0.749. The number of hydrogen-bond acceptors (Lipinski definition) is 3. The molecule has 1 unspecified atom stereocenters. The molecule has 2 rings (SSSR count). The maximum Gasteiger partial charge on any atom is 0.410 e. The monoisotopic (exact) mass is 266 g/mol. The van der Waals surface area contributed by atoms with Crippen LogP contribution >= 0.6 is 0 Å². The van der Waals surface area contributed by atoms with E-state index >= 15 is 0 Å². The standard InChI is InChI=1S/C10H13F3N2O3/c11-10(12,13)2-1-8(16)14-3-4-15-7(5-14)6-18-9(15)17/h7H,1-6H2. The predicted molar refractivity (Wildman–Crippen MR) is 53.7 cm³/mol. The molecule has 2 heterocycles. The number of carbonyl (C=O) groups excluding carboxylic acids is 2. The summed E-state index contributed by atoms with van der Waals surface area (Å²) in [5.74, 6) is -0.522. The van der Waals surface area contributed by atoms with Gasteiger partial charge >= 0.3 is 12.3 Å². The third-order valence-corrected chi connectivity index (χ3v) is 3.09. The molecule has 18 heavy (non-hydrogen) atoms. The highest BCUT2D eigenvalue weighted by Gasteiger charge is 2.39. The number of carbonyl (C=O) groups is 2. The molecule has 2 amide bonds. The van der Waals surface area contributed by atoms with E-state index in [4.69, 9.17) is 4.74 Å². The topological polar surface area (TPSA) is 49.9 Å². The molecule has 0 aromatic heterocycles. The van der Waals surface area contributed by atoms with Crippen molar-refractivity contribution in [3.8, 4) is 0 Å². The molecular formula is C10H13F3N2O3. The predicted octanol–water partition coefficient (Wildman–Crippen LogP) is 0.992. The van der Waals surface area contributed by atoms with Gasteiger partial charge in [0.25, 0.3) is 0 Å². The molecule has 8 heteroatoms. The number of fused-ring (bicyclic) bond motifs is 1. The number of rotatable bonds is 2. The summed E-state index contributed by atoms with van der Waals surface area (Å²) in [6.45, 7) is 1.04. The van der Waals surface area contributed by atoms with Gasteiger partial charge in [0.15, 0.2) is 0 Å². The number of ether oxygens (including phenoxy) is 1. The number of cyclic esters (lactones) is 1. The van der Waals surface area contributed by atoms with Crippen LogP contribution in [0.4, 0.5) is 18.0 Å². The number of piperazine rings is 1. The Morgan fingerprint density at radius 2 is 2.11 bits per heavy atom. The van der Waals surface area contributed by atoms with Crippen molar-refractivity contribution >= 4 is 12.0 Å². The minimum absolute atomic E-state index is 0.196. The van der Waals surface area contributed by atoms with Crippen LogP contribution < -0.4 is 0 Å². The average Bonchev–Trinajstić information content (AvgIpc) is 2.66. The van der Waals surface area contributed by atoms with Gasteiger partial charge in [-0.25, -0.2) is 4.79 Å². The Hall–Kier alpha value is -1.47. The largest absolute Gasteiger partial charge is 0.447 e. The van der Waals surface area contributed by atoms with Gasteiger partial charge in [0.05, 0.1) is 12.5 Å². The third-order valence-electron chi connectivity index (χ3n) is 3.09. The Balaban J connectivity index is 1.84. The summed E-state index contributed by atoms with van der Waals surface area (Å²) in [5, 5.41) is 0. The van der Waals surface area contributed by atoms with Crippen molar-refractivity contribution in [2.45, 2.75) is 25.1 Å². The van der Waals surface area contributed by atoms with Crippen LogP contribution in [0.15, 0.2) is 0 Å². The van der Waals surface area contributed by atoms with Gasteiger partial charge in [-0.05, 0) is 0 Å². The fourth-order valence-corrected chi connectivity index (χ4v) is 2.12. The molecule has 0 spiro atoms. The van der Waals surface area contributed by atoms with Crippen molar-refractivity contribution in [2.24, 2.45) is 0 Å². The van der Waals surface area contributed by atoms with E-state index in [9.17, 15) is 22.8 Å². The van der Waals surface area contributed by atoms with Crippen molar-refractivity contribution in [3.05, 3.63) is 0 Å². The first kappa shape index (κ1) is 13.0. The lowest BCUT2D eigenvalue weighted by Crippen LogP contribution is -2.53. The van der Waals surface area contributed by atoms with E-state index in [0.717, 1.165) is 0 Å². The Labute approximate surface area is 101 Å². The second-order valence-corrected chi connectivity index (χ2v) is 4.38. The van der Waals surface area contributed by atoms with Gasteiger partial charge in [0, 0.05) is 26.1 Å². The fourth-order valence-electron chi connectivity index (χ4n) is 2.12. The molecule has 5 nitrogen and oxygen atoms in total. The van der Waals surface area contributed by atoms with Crippen LogP contribution in [-0.2, 0) is 9.53 Å². The molecule has 0 saturated carbocycles. The summed E-state index contributed by atoms with van der Waals surface area (Å²) < 4.78 is 40.8. The highest BCUT2D eigenvalue weighted by molar-refractivity contribution is 5.77. The first-order valence-electron chi connectivity index (χ1n) is 5.65. The molecule has 0 bridgehead atoms. The summed E-state index contributed by atoms with van der Waals surface area (Å²) in [4.78, 5) is 25.7. The zero-order valence-corrected chi connectivity index (χ0v) is 9.57. The van der Waals surface area contributed by atoms with Crippen molar-refractivity contribution < 1.29 is 27.5 Å². The van der Waals surface area contributed by atoms with Crippen LogP contribution in [0.1, 0.15) is 12.8 Å². The van der Waals surface area contributed by atoms with Crippen LogP contribution in [0.2, 0.25) is 0 Å². The van der Waals surface area contributed by atoms with Crippen LogP contribution in [-0.4, -0.2) is 60.3 Å². The summed E-state index contributed by atoms with van der Waals surface area (Å²) in [6, 6.07) is -0.221. The zero-order chi connectivity index (χ0) is 13.3. The second-order valence-electron chi connectivity index (χ2n) is 4.38. The van der Waals surface area contributed by atoms with E-state index in [-0.39, 0.29) is 25.7 Å². The molecule has 0 aromatic rings. The first-order chi connectivity index (χ1) is 8.37. The van der Waals surface area contributed by atoms with Crippen molar-refractivity contribution in [1.29, 1.82) is 0 Å². The summed E-state index contributed by atoms with van der Waals surface area (Å²) in [6.07, 6.45) is -6.37.